The quantitative estimate of drug-likeness (QED) is 0.341. The lowest BCUT2D eigenvalue weighted by Gasteiger charge is -2.62. The molecular weight excluding hydrogens is 406 g/mol. The summed E-state index contributed by atoms with van der Waals surface area (Å²) in [6.07, 6.45) is 18.3. The normalized spacial score (nSPS) is 42.2. The second-order valence-corrected chi connectivity index (χ2v) is 12.7. The number of ether oxygens (including phenoxy) is 1. The van der Waals surface area contributed by atoms with Gasteiger partial charge < -0.3 is 9.64 Å². The monoisotopic (exact) mass is 459 g/mol. The molecule has 4 fully saturated rings. The van der Waals surface area contributed by atoms with Gasteiger partial charge in [0.1, 0.15) is 0 Å². The highest BCUT2D eigenvalue weighted by Gasteiger charge is 2.60. The third-order valence-electron chi connectivity index (χ3n) is 11.7. The first-order valence-electron chi connectivity index (χ1n) is 14.8. The number of nitrogens with zero attached hydrogens (tertiary/aromatic N) is 1. The fourth-order valence-electron chi connectivity index (χ4n) is 9.83. The van der Waals surface area contributed by atoms with Gasteiger partial charge in [0, 0.05) is 13.1 Å². The van der Waals surface area contributed by atoms with E-state index in [1.165, 1.54) is 77.0 Å². The molecule has 0 aromatic rings. The van der Waals surface area contributed by atoms with Crippen LogP contribution in [0, 0.1) is 46.3 Å². The van der Waals surface area contributed by atoms with Crippen molar-refractivity contribution in [1.82, 2.24) is 4.90 Å². The Bertz CT molecular complexity index is 660. The summed E-state index contributed by atoms with van der Waals surface area (Å²) in [5.41, 5.74) is 1.20. The van der Waals surface area contributed by atoms with E-state index in [1.807, 2.05) is 13.8 Å². The van der Waals surface area contributed by atoms with Gasteiger partial charge in [-0.05, 0) is 124 Å². The van der Waals surface area contributed by atoms with Crippen LogP contribution in [-0.2, 0) is 4.74 Å². The van der Waals surface area contributed by atoms with Crippen LogP contribution in [0.2, 0.25) is 0 Å². The van der Waals surface area contributed by atoms with Gasteiger partial charge in [0.25, 0.3) is 0 Å². The van der Waals surface area contributed by atoms with E-state index in [0.717, 1.165) is 55.0 Å². The van der Waals surface area contributed by atoms with Crippen molar-refractivity contribution in [2.24, 2.45) is 46.3 Å². The maximum Gasteiger partial charge on any atom is 0.409 e. The van der Waals surface area contributed by atoms with E-state index in [2.05, 4.69) is 20.8 Å². The molecule has 4 aliphatic carbocycles. The predicted molar refractivity (Wildman–Crippen MR) is 137 cm³/mol. The van der Waals surface area contributed by atoms with Gasteiger partial charge in [-0.15, -0.1) is 0 Å². The number of rotatable bonds is 8. The van der Waals surface area contributed by atoms with Crippen LogP contribution >= 0.6 is 0 Å². The number of carbonyl (C=O) groups excluding carboxylic acids is 1. The fraction of sp³-hybridized carbons (Fsp3) is 0.967. The molecule has 190 valence electrons. The van der Waals surface area contributed by atoms with Gasteiger partial charge in [0.15, 0.2) is 0 Å². The summed E-state index contributed by atoms with van der Waals surface area (Å²) in [6, 6.07) is 0. The van der Waals surface area contributed by atoms with Gasteiger partial charge in [0.05, 0.1) is 6.61 Å². The molecule has 0 N–H and O–H groups in total. The minimum Gasteiger partial charge on any atom is -0.449 e. The largest absolute Gasteiger partial charge is 0.449 e. The molecule has 0 aliphatic heterocycles. The Hall–Kier alpha value is -0.730. The molecule has 0 heterocycles. The lowest BCUT2D eigenvalue weighted by Crippen LogP contribution is -2.55. The number of hydrogen-bond donors (Lipinski definition) is 0. The average molecular weight is 460 g/mol. The summed E-state index contributed by atoms with van der Waals surface area (Å²) in [5.74, 6) is 5.85. The minimum atomic E-state index is -0.136. The Balaban J connectivity index is 1.33. The molecule has 0 aromatic heterocycles. The summed E-state index contributed by atoms with van der Waals surface area (Å²) in [7, 11) is 0. The van der Waals surface area contributed by atoms with E-state index in [1.54, 1.807) is 4.90 Å². The zero-order valence-corrected chi connectivity index (χ0v) is 22.5. The van der Waals surface area contributed by atoms with Crippen LogP contribution in [0.15, 0.2) is 0 Å². The van der Waals surface area contributed by atoms with Crippen LogP contribution in [-0.4, -0.2) is 30.7 Å². The van der Waals surface area contributed by atoms with Gasteiger partial charge in [-0.1, -0.05) is 40.0 Å². The Morgan fingerprint density at radius 1 is 0.879 bits per heavy atom. The summed E-state index contributed by atoms with van der Waals surface area (Å²) < 4.78 is 5.53. The number of unbranched alkanes of at least 4 members (excludes halogenated alkanes) is 1. The second kappa shape index (κ2) is 10.5. The maximum absolute atomic E-state index is 12.1. The first-order chi connectivity index (χ1) is 15.9. The van der Waals surface area contributed by atoms with Crippen molar-refractivity contribution in [3.05, 3.63) is 0 Å². The van der Waals surface area contributed by atoms with E-state index in [9.17, 15) is 4.79 Å². The van der Waals surface area contributed by atoms with E-state index < -0.39 is 0 Å². The predicted octanol–water partition coefficient (Wildman–Crippen LogP) is 8.32. The number of hydrogen-bond acceptors (Lipinski definition) is 2. The van der Waals surface area contributed by atoms with Crippen molar-refractivity contribution in [1.29, 1.82) is 0 Å². The third-order valence-corrected chi connectivity index (χ3v) is 11.7. The van der Waals surface area contributed by atoms with Crippen LogP contribution in [0.25, 0.3) is 0 Å². The molecule has 0 radical (unpaired) electrons. The van der Waals surface area contributed by atoms with E-state index in [-0.39, 0.29) is 6.09 Å². The van der Waals surface area contributed by atoms with Crippen LogP contribution in [0.1, 0.15) is 118 Å². The molecule has 0 saturated heterocycles. The first-order valence-corrected chi connectivity index (χ1v) is 14.8. The van der Waals surface area contributed by atoms with Gasteiger partial charge >= 0.3 is 6.09 Å². The maximum atomic E-state index is 12.1. The highest BCUT2D eigenvalue weighted by atomic mass is 16.6. The van der Waals surface area contributed by atoms with Gasteiger partial charge in [-0.2, -0.15) is 0 Å². The minimum absolute atomic E-state index is 0.136. The lowest BCUT2D eigenvalue weighted by molar-refractivity contribution is -0.135. The molecule has 8 atom stereocenters. The van der Waals surface area contributed by atoms with Crippen LogP contribution in [0.4, 0.5) is 4.79 Å². The Labute approximate surface area is 204 Å². The zero-order valence-electron chi connectivity index (χ0n) is 22.5. The molecule has 4 rings (SSSR count). The standard InChI is InChI=1S/C30H53NO2/c1-6-22-21-24-26-16-15-23(13-10-12-20-33-28(32)31(7-2)8-3)29(26,4)19-17-27(24)30(5)18-11-9-14-25(22)30/h22-27H,6-21H2,1-5H3/t22-,23?,24?,25?,26?,27-,29?,30?/m0/s1. The lowest BCUT2D eigenvalue weighted by atomic mass is 9.42. The van der Waals surface area contributed by atoms with Crippen molar-refractivity contribution >= 4 is 6.09 Å². The van der Waals surface area contributed by atoms with Gasteiger partial charge in [-0.25, -0.2) is 4.79 Å². The average Bonchev–Trinajstić information content (AvgIpc) is 3.15. The Morgan fingerprint density at radius 3 is 2.36 bits per heavy atom. The van der Waals surface area contributed by atoms with Crippen molar-refractivity contribution in [2.75, 3.05) is 19.7 Å². The molecule has 0 spiro atoms. The molecule has 1 amide bonds. The molecule has 3 heteroatoms. The first kappa shape index (κ1) is 25.4. The van der Waals surface area contributed by atoms with Crippen molar-refractivity contribution in [2.45, 2.75) is 118 Å². The summed E-state index contributed by atoms with van der Waals surface area (Å²) in [4.78, 5) is 13.8. The summed E-state index contributed by atoms with van der Waals surface area (Å²) >= 11 is 0. The number of fused-ring (bicyclic) bond motifs is 5. The van der Waals surface area contributed by atoms with Crippen LogP contribution < -0.4 is 0 Å². The van der Waals surface area contributed by atoms with Gasteiger partial charge in [-0.3, -0.25) is 0 Å². The third kappa shape index (κ3) is 4.61. The molecule has 3 nitrogen and oxygen atoms in total. The van der Waals surface area contributed by atoms with E-state index in [4.69, 9.17) is 4.74 Å². The van der Waals surface area contributed by atoms with Crippen molar-refractivity contribution < 1.29 is 9.53 Å². The van der Waals surface area contributed by atoms with Gasteiger partial charge in [0.2, 0.25) is 0 Å². The van der Waals surface area contributed by atoms with Crippen molar-refractivity contribution in [3.63, 3.8) is 0 Å². The number of amides is 1. The Morgan fingerprint density at radius 2 is 1.64 bits per heavy atom. The number of carbonyl (C=O) groups is 1. The molecule has 4 saturated carbocycles. The molecule has 4 aliphatic rings. The SMILES string of the molecule is CC[C@H]1CC2C3CCC(CCCCOC(=O)N(CC)CC)C3(C)CC[C@@H]2C2(C)CCCCC12. The molecule has 6 unspecified atom stereocenters. The smallest absolute Gasteiger partial charge is 0.409 e. The van der Waals surface area contributed by atoms with E-state index >= 15 is 0 Å². The Kier molecular flexibility index (Phi) is 8.06. The molecule has 0 bridgehead atoms. The highest BCUT2D eigenvalue weighted by Crippen LogP contribution is 2.69. The topological polar surface area (TPSA) is 29.5 Å². The van der Waals surface area contributed by atoms with Crippen LogP contribution in [0.3, 0.4) is 0 Å². The summed E-state index contributed by atoms with van der Waals surface area (Å²) in [6.45, 7) is 14.0. The van der Waals surface area contributed by atoms with E-state index in [0.29, 0.717) is 17.4 Å². The molecule has 33 heavy (non-hydrogen) atoms. The fourth-order valence-corrected chi connectivity index (χ4v) is 9.83. The summed E-state index contributed by atoms with van der Waals surface area (Å²) in [5, 5.41) is 0. The molecule has 0 aromatic carbocycles. The molecular formula is C30H53NO2. The highest BCUT2D eigenvalue weighted by molar-refractivity contribution is 5.67. The van der Waals surface area contributed by atoms with Crippen LogP contribution in [0.5, 0.6) is 0 Å². The second-order valence-electron chi connectivity index (χ2n) is 12.7. The van der Waals surface area contributed by atoms with Crippen molar-refractivity contribution in [3.8, 4) is 0 Å². The zero-order chi connectivity index (χ0) is 23.6.